The molecule has 0 aromatic heterocycles. The molecule has 0 bridgehead atoms. The topological polar surface area (TPSA) is 70.2 Å². The first-order chi connectivity index (χ1) is 9.63. The average molecular weight is 294 g/mol. The van der Waals surface area contributed by atoms with Crippen LogP contribution in [-0.2, 0) is 6.42 Å². The monoisotopic (exact) mass is 293 g/mol. The Morgan fingerprint density at radius 2 is 2.25 bits per heavy atom. The Balaban J connectivity index is 2.27. The smallest absolute Gasteiger partial charge is 0.254 e. The van der Waals surface area contributed by atoms with E-state index in [2.05, 4.69) is 16.0 Å². The highest BCUT2D eigenvalue weighted by Crippen LogP contribution is 2.18. The molecule has 106 valence electrons. The Bertz CT molecular complexity index is 557. The van der Waals surface area contributed by atoms with Crippen LogP contribution in [0.4, 0.5) is 0 Å². The molecule has 2 rings (SSSR count). The van der Waals surface area contributed by atoms with Crippen LogP contribution in [0.1, 0.15) is 33.2 Å². The van der Waals surface area contributed by atoms with E-state index < -0.39 is 5.24 Å². The van der Waals surface area contributed by atoms with Crippen molar-refractivity contribution in [2.45, 2.75) is 19.6 Å². The Labute approximate surface area is 122 Å². The number of hydrogen-bond acceptors (Lipinski definition) is 4. The fraction of sp³-hybridized carbons (Fsp3) is 0.286. The van der Waals surface area contributed by atoms with Crippen molar-refractivity contribution in [3.63, 3.8) is 0 Å². The number of nitrogens with one attached hydrogen (secondary N) is 3. The van der Waals surface area contributed by atoms with Crippen LogP contribution in [0.2, 0.25) is 0 Å². The van der Waals surface area contributed by atoms with E-state index in [0.29, 0.717) is 18.5 Å². The molecule has 1 aliphatic heterocycles. The molecule has 0 radical (unpaired) electrons. The van der Waals surface area contributed by atoms with E-state index in [4.69, 9.17) is 11.6 Å². The predicted molar refractivity (Wildman–Crippen MR) is 77.5 cm³/mol. The third kappa shape index (κ3) is 3.18. The molecule has 0 saturated heterocycles. The normalized spacial score (nSPS) is 17.4. The molecule has 1 aromatic rings. The van der Waals surface area contributed by atoms with Gasteiger partial charge in [-0.25, -0.2) is 0 Å². The van der Waals surface area contributed by atoms with Gasteiger partial charge >= 0.3 is 0 Å². The van der Waals surface area contributed by atoms with Gasteiger partial charge < -0.3 is 10.6 Å². The lowest BCUT2D eigenvalue weighted by atomic mass is 9.99. The van der Waals surface area contributed by atoms with Crippen molar-refractivity contribution in [1.29, 1.82) is 0 Å². The zero-order valence-electron chi connectivity index (χ0n) is 11.1. The van der Waals surface area contributed by atoms with E-state index in [9.17, 15) is 9.59 Å². The maximum absolute atomic E-state index is 12.4. The summed E-state index contributed by atoms with van der Waals surface area (Å²) in [6, 6.07) is 5.11. The molecule has 0 saturated carbocycles. The summed E-state index contributed by atoms with van der Waals surface area (Å²) in [7, 11) is 0. The number of carbonyl (C=O) groups excluding carboxylic acids is 2. The molecule has 0 fully saturated rings. The zero-order valence-corrected chi connectivity index (χ0v) is 11.8. The van der Waals surface area contributed by atoms with Gasteiger partial charge in [-0.15, -0.1) is 0 Å². The fourth-order valence-electron chi connectivity index (χ4n) is 2.09. The maximum Gasteiger partial charge on any atom is 0.254 e. The molecular formula is C14H16ClN3O2. The number of halogens is 1. The van der Waals surface area contributed by atoms with Gasteiger partial charge in [0.05, 0.1) is 5.56 Å². The molecule has 1 heterocycles. The Kier molecular flexibility index (Phi) is 4.76. The number of carbonyl (C=O) groups is 2. The van der Waals surface area contributed by atoms with E-state index in [0.717, 1.165) is 5.56 Å². The SMILES string of the molecule is CCc1cccc(C(=O)Cl)c1C(=O)NC1NC=CCN1. The molecule has 1 aliphatic rings. The molecule has 5 nitrogen and oxygen atoms in total. The lowest BCUT2D eigenvalue weighted by Crippen LogP contribution is -2.55. The molecule has 1 amide bonds. The minimum atomic E-state index is -0.630. The first kappa shape index (κ1) is 14.6. The van der Waals surface area contributed by atoms with Crippen LogP contribution >= 0.6 is 11.6 Å². The van der Waals surface area contributed by atoms with E-state index in [1.165, 1.54) is 0 Å². The summed E-state index contributed by atoms with van der Waals surface area (Å²) in [4.78, 5) is 23.9. The van der Waals surface area contributed by atoms with Gasteiger partial charge in [-0.1, -0.05) is 25.1 Å². The van der Waals surface area contributed by atoms with Gasteiger partial charge in [0.15, 0.2) is 6.29 Å². The Hall–Kier alpha value is -1.85. The predicted octanol–water partition coefficient (Wildman–Crippen LogP) is 1.35. The maximum atomic E-state index is 12.4. The van der Waals surface area contributed by atoms with E-state index in [1.54, 1.807) is 18.3 Å². The van der Waals surface area contributed by atoms with Crippen molar-refractivity contribution in [1.82, 2.24) is 16.0 Å². The highest BCUT2D eigenvalue weighted by Gasteiger charge is 2.21. The summed E-state index contributed by atoms with van der Waals surface area (Å²) in [5.41, 5.74) is 1.36. The number of hydrogen-bond donors (Lipinski definition) is 3. The molecule has 3 N–H and O–H groups in total. The van der Waals surface area contributed by atoms with Crippen LogP contribution in [-0.4, -0.2) is 24.0 Å². The molecule has 0 aliphatic carbocycles. The summed E-state index contributed by atoms with van der Waals surface area (Å²) in [6.07, 6.45) is 3.94. The minimum absolute atomic E-state index is 0.231. The Morgan fingerprint density at radius 1 is 1.45 bits per heavy atom. The van der Waals surface area contributed by atoms with Crippen LogP contribution < -0.4 is 16.0 Å². The highest BCUT2D eigenvalue weighted by atomic mass is 35.5. The van der Waals surface area contributed by atoms with Crippen molar-refractivity contribution >= 4 is 22.8 Å². The van der Waals surface area contributed by atoms with Gasteiger partial charge in [0.1, 0.15) is 0 Å². The van der Waals surface area contributed by atoms with Crippen LogP contribution in [0.3, 0.4) is 0 Å². The molecule has 0 spiro atoms. The number of amides is 1. The molecule has 6 heteroatoms. The van der Waals surface area contributed by atoms with Crippen molar-refractivity contribution in [3.8, 4) is 0 Å². The van der Waals surface area contributed by atoms with E-state index in [1.807, 2.05) is 19.1 Å². The van der Waals surface area contributed by atoms with E-state index >= 15 is 0 Å². The van der Waals surface area contributed by atoms with Gasteiger partial charge in [0, 0.05) is 12.1 Å². The first-order valence-corrected chi connectivity index (χ1v) is 6.78. The minimum Gasteiger partial charge on any atom is -0.359 e. The zero-order chi connectivity index (χ0) is 14.5. The molecular weight excluding hydrogens is 278 g/mol. The molecule has 1 aromatic carbocycles. The largest absolute Gasteiger partial charge is 0.359 e. The van der Waals surface area contributed by atoms with Crippen molar-refractivity contribution in [3.05, 3.63) is 47.2 Å². The summed E-state index contributed by atoms with van der Waals surface area (Å²) < 4.78 is 0. The summed E-state index contributed by atoms with van der Waals surface area (Å²) in [5.74, 6) is -0.327. The summed E-state index contributed by atoms with van der Waals surface area (Å²) in [5, 5.41) is 8.17. The quantitative estimate of drug-likeness (QED) is 0.733. The van der Waals surface area contributed by atoms with E-state index in [-0.39, 0.29) is 17.8 Å². The third-order valence-corrected chi connectivity index (χ3v) is 3.27. The second kappa shape index (κ2) is 6.54. The lowest BCUT2D eigenvalue weighted by molar-refractivity contribution is 0.0916. The van der Waals surface area contributed by atoms with Gasteiger partial charge in [-0.3, -0.25) is 14.9 Å². The molecule has 1 unspecified atom stereocenters. The lowest BCUT2D eigenvalue weighted by Gasteiger charge is -2.23. The van der Waals surface area contributed by atoms with Crippen LogP contribution in [0.5, 0.6) is 0 Å². The average Bonchev–Trinajstić information content (AvgIpc) is 2.47. The summed E-state index contributed by atoms with van der Waals surface area (Å²) >= 11 is 5.56. The number of benzene rings is 1. The van der Waals surface area contributed by atoms with Gasteiger partial charge in [-0.2, -0.15) is 0 Å². The second-order valence-corrected chi connectivity index (χ2v) is 4.69. The highest BCUT2D eigenvalue weighted by molar-refractivity contribution is 6.68. The molecule has 20 heavy (non-hydrogen) atoms. The summed E-state index contributed by atoms with van der Waals surface area (Å²) in [6.45, 7) is 2.59. The third-order valence-electron chi connectivity index (χ3n) is 3.07. The van der Waals surface area contributed by atoms with Crippen LogP contribution in [0.15, 0.2) is 30.5 Å². The number of aryl methyl sites for hydroxylation is 1. The number of rotatable bonds is 4. The van der Waals surface area contributed by atoms with Crippen LogP contribution in [0.25, 0.3) is 0 Å². The van der Waals surface area contributed by atoms with Gasteiger partial charge in [-0.05, 0) is 35.9 Å². The van der Waals surface area contributed by atoms with Gasteiger partial charge in [0.25, 0.3) is 11.1 Å². The van der Waals surface area contributed by atoms with Crippen molar-refractivity contribution in [2.75, 3.05) is 6.54 Å². The second-order valence-electron chi connectivity index (χ2n) is 4.35. The molecule has 1 atom stereocenters. The van der Waals surface area contributed by atoms with Gasteiger partial charge in [0.2, 0.25) is 0 Å². The van der Waals surface area contributed by atoms with Crippen LogP contribution in [0, 0.1) is 0 Å². The Morgan fingerprint density at radius 3 is 2.85 bits per heavy atom. The van der Waals surface area contributed by atoms with Crippen molar-refractivity contribution in [2.24, 2.45) is 0 Å². The first-order valence-electron chi connectivity index (χ1n) is 6.40. The standard InChI is InChI=1S/C14H16ClN3O2/c1-2-9-5-3-6-10(12(15)19)11(9)13(20)18-14-16-7-4-8-17-14/h3-7,14,16-17H,2,8H2,1H3,(H,18,20). The fourth-order valence-corrected chi connectivity index (χ4v) is 2.25. The van der Waals surface area contributed by atoms with Crippen molar-refractivity contribution < 1.29 is 9.59 Å².